The van der Waals surface area contributed by atoms with E-state index in [-0.39, 0.29) is 0 Å². The predicted molar refractivity (Wildman–Crippen MR) is 90.1 cm³/mol. The van der Waals surface area contributed by atoms with Crippen LogP contribution in [0, 0.1) is 0 Å². The third-order valence-corrected chi connectivity index (χ3v) is 4.04. The maximum absolute atomic E-state index is 10.0. The average molecular weight is 310 g/mol. The second kappa shape index (κ2) is 8.67. The maximum atomic E-state index is 10.0. The van der Waals surface area contributed by atoms with E-state index in [1.165, 1.54) is 13.7 Å². The standard InChI is InChI=1S/C15H29BN3O3/c1-14(2,20)15(3,4)22-16-13(11-17)12-18-5-6-19-7-9-21-10-8-19/h11-12,20H,5-10,17H2,1-4H3. The second-order valence-electron chi connectivity index (χ2n) is 6.46. The summed E-state index contributed by atoms with van der Waals surface area (Å²) in [5.74, 6) is 0. The molecule has 6 nitrogen and oxygen atoms in total. The lowest BCUT2D eigenvalue weighted by Crippen LogP contribution is -2.48. The van der Waals surface area contributed by atoms with Crippen LogP contribution in [0.15, 0.2) is 16.7 Å². The van der Waals surface area contributed by atoms with Crippen molar-refractivity contribution in [1.29, 1.82) is 0 Å². The van der Waals surface area contributed by atoms with Gasteiger partial charge in [-0.3, -0.25) is 9.89 Å². The number of hydrogen-bond donors (Lipinski definition) is 2. The molecule has 1 aliphatic heterocycles. The zero-order chi connectivity index (χ0) is 16.6. The van der Waals surface area contributed by atoms with E-state index in [2.05, 4.69) is 9.89 Å². The molecule has 1 fully saturated rings. The topological polar surface area (TPSA) is 80.3 Å². The number of aliphatic imine (C=N–C) groups is 1. The highest BCUT2D eigenvalue weighted by Crippen LogP contribution is 2.24. The molecule has 1 rings (SSSR count). The number of nitrogens with two attached hydrogens (primary N) is 1. The average Bonchev–Trinajstić information content (AvgIpc) is 2.46. The van der Waals surface area contributed by atoms with Crippen LogP contribution in [-0.4, -0.2) is 74.3 Å². The molecular weight excluding hydrogens is 281 g/mol. The molecule has 1 aliphatic rings. The predicted octanol–water partition coefficient (Wildman–Crippen LogP) is 0.375. The van der Waals surface area contributed by atoms with Crippen LogP contribution < -0.4 is 5.73 Å². The minimum Gasteiger partial charge on any atom is -0.427 e. The zero-order valence-corrected chi connectivity index (χ0v) is 14.2. The molecular formula is C15H29BN3O3. The molecule has 0 atom stereocenters. The highest BCUT2D eigenvalue weighted by atomic mass is 16.5. The summed E-state index contributed by atoms with van der Waals surface area (Å²) >= 11 is 0. The van der Waals surface area contributed by atoms with E-state index < -0.39 is 11.2 Å². The molecule has 0 aromatic heterocycles. The maximum Gasteiger partial charge on any atom is 0.333 e. The summed E-state index contributed by atoms with van der Waals surface area (Å²) in [4.78, 5) is 6.69. The van der Waals surface area contributed by atoms with Crippen LogP contribution in [0.1, 0.15) is 27.7 Å². The summed E-state index contributed by atoms with van der Waals surface area (Å²) < 4.78 is 11.0. The molecule has 0 aliphatic carbocycles. The lowest BCUT2D eigenvalue weighted by atomic mass is 9.83. The second-order valence-corrected chi connectivity index (χ2v) is 6.46. The smallest absolute Gasteiger partial charge is 0.333 e. The molecule has 0 spiro atoms. The van der Waals surface area contributed by atoms with E-state index >= 15 is 0 Å². The van der Waals surface area contributed by atoms with E-state index in [1.54, 1.807) is 20.1 Å². The van der Waals surface area contributed by atoms with E-state index in [4.69, 9.17) is 15.1 Å². The third-order valence-electron chi connectivity index (χ3n) is 4.04. The lowest BCUT2D eigenvalue weighted by Gasteiger charge is -2.37. The molecule has 7 heteroatoms. The van der Waals surface area contributed by atoms with Crippen molar-refractivity contribution in [3.05, 3.63) is 11.7 Å². The Hall–Kier alpha value is -0.885. The van der Waals surface area contributed by atoms with Crippen molar-refractivity contribution < 1.29 is 14.5 Å². The van der Waals surface area contributed by atoms with Gasteiger partial charge in [-0.05, 0) is 39.4 Å². The van der Waals surface area contributed by atoms with E-state index in [1.807, 2.05) is 13.8 Å². The van der Waals surface area contributed by atoms with Crippen molar-refractivity contribution in [2.24, 2.45) is 10.7 Å². The summed E-state index contributed by atoms with van der Waals surface area (Å²) in [7, 11) is 1.54. The van der Waals surface area contributed by atoms with E-state index in [0.717, 1.165) is 32.8 Å². The van der Waals surface area contributed by atoms with Crippen molar-refractivity contribution >= 4 is 13.7 Å². The van der Waals surface area contributed by atoms with E-state index in [9.17, 15) is 5.11 Å². The Bertz CT molecular complexity index is 386. The van der Waals surface area contributed by atoms with Crippen LogP contribution in [0.2, 0.25) is 0 Å². The highest BCUT2D eigenvalue weighted by Gasteiger charge is 2.35. The highest BCUT2D eigenvalue weighted by molar-refractivity contribution is 6.46. The fraction of sp³-hybridized carbons (Fsp3) is 0.800. The first-order chi connectivity index (χ1) is 10.3. The van der Waals surface area contributed by atoms with Crippen LogP contribution in [0.5, 0.6) is 0 Å². The quantitative estimate of drug-likeness (QED) is 0.500. The molecule has 0 amide bonds. The van der Waals surface area contributed by atoms with Gasteiger partial charge in [0, 0.05) is 25.8 Å². The van der Waals surface area contributed by atoms with Crippen molar-refractivity contribution in [3.8, 4) is 0 Å². The number of aliphatic hydroxyl groups is 1. The van der Waals surface area contributed by atoms with Gasteiger partial charge in [0.15, 0.2) is 0 Å². The van der Waals surface area contributed by atoms with Crippen LogP contribution in [-0.2, 0) is 9.39 Å². The number of hydrogen-bond acceptors (Lipinski definition) is 6. The van der Waals surface area contributed by atoms with Gasteiger partial charge in [0.1, 0.15) is 0 Å². The normalized spacial score (nSPS) is 18.9. The number of rotatable bonds is 8. The van der Waals surface area contributed by atoms with Gasteiger partial charge in [-0.2, -0.15) is 0 Å². The lowest BCUT2D eigenvalue weighted by molar-refractivity contribution is -0.0895. The minimum absolute atomic E-state index is 0.680. The molecule has 0 unspecified atom stereocenters. The van der Waals surface area contributed by atoms with Gasteiger partial charge in [-0.25, -0.2) is 0 Å². The Kier molecular flexibility index (Phi) is 7.55. The van der Waals surface area contributed by atoms with Gasteiger partial charge in [0.25, 0.3) is 0 Å². The zero-order valence-electron chi connectivity index (χ0n) is 14.2. The molecule has 1 heterocycles. The largest absolute Gasteiger partial charge is 0.427 e. The monoisotopic (exact) mass is 310 g/mol. The summed E-state index contributed by atoms with van der Waals surface area (Å²) in [5.41, 5.74) is 4.58. The first-order valence-electron chi connectivity index (χ1n) is 7.71. The van der Waals surface area contributed by atoms with Crippen LogP contribution in [0.4, 0.5) is 0 Å². The molecule has 3 N–H and O–H groups in total. The first kappa shape index (κ1) is 19.2. The Balaban J connectivity index is 2.34. The molecule has 125 valence electrons. The first-order valence-corrected chi connectivity index (χ1v) is 7.71. The Labute approximate surface area is 134 Å². The van der Waals surface area contributed by atoms with Crippen LogP contribution >= 0.6 is 0 Å². The Morgan fingerprint density at radius 1 is 1.36 bits per heavy atom. The third kappa shape index (κ3) is 6.48. The molecule has 22 heavy (non-hydrogen) atoms. The van der Waals surface area contributed by atoms with Crippen LogP contribution in [0.25, 0.3) is 0 Å². The number of nitrogens with zero attached hydrogens (tertiary/aromatic N) is 2. The summed E-state index contributed by atoms with van der Waals surface area (Å²) in [6, 6.07) is 0. The summed E-state index contributed by atoms with van der Waals surface area (Å²) in [5, 5.41) is 10.0. The number of morpholine rings is 1. The van der Waals surface area contributed by atoms with E-state index in [0.29, 0.717) is 12.0 Å². The van der Waals surface area contributed by atoms with Gasteiger partial charge in [-0.1, -0.05) is 0 Å². The van der Waals surface area contributed by atoms with Crippen molar-refractivity contribution in [2.75, 3.05) is 39.4 Å². The summed E-state index contributed by atoms with van der Waals surface area (Å²) in [6.45, 7) is 12.2. The van der Waals surface area contributed by atoms with Crippen LogP contribution in [0.3, 0.4) is 0 Å². The Morgan fingerprint density at radius 3 is 2.55 bits per heavy atom. The van der Waals surface area contributed by atoms with Crippen molar-refractivity contribution in [1.82, 2.24) is 4.90 Å². The fourth-order valence-corrected chi connectivity index (χ4v) is 1.67. The Morgan fingerprint density at radius 2 is 2.00 bits per heavy atom. The van der Waals surface area contributed by atoms with Gasteiger partial charge in [0.2, 0.25) is 0 Å². The molecule has 0 bridgehead atoms. The van der Waals surface area contributed by atoms with Gasteiger partial charge < -0.3 is 20.2 Å². The van der Waals surface area contributed by atoms with Gasteiger partial charge >= 0.3 is 7.48 Å². The molecule has 0 aromatic carbocycles. The number of ether oxygens (including phenoxy) is 1. The van der Waals surface area contributed by atoms with Gasteiger partial charge in [0.05, 0.1) is 31.0 Å². The van der Waals surface area contributed by atoms with Gasteiger partial charge in [-0.15, -0.1) is 0 Å². The molecule has 1 saturated heterocycles. The molecule has 0 aromatic rings. The minimum atomic E-state index is -0.962. The summed E-state index contributed by atoms with van der Waals surface area (Å²) in [6.07, 6.45) is 3.14. The SMILES string of the molecule is CC(C)(O)C(C)(C)O[B]C(C=NCCN1CCOCC1)=CN. The molecule has 1 radical (unpaired) electrons. The van der Waals surface area contributed by atoms with Crippen molar-refractivity contribution in [2.45, 2.75) is 38.9 Å². The molecule has 0 saturated carbocycles. The van der Waals surface area contributed by atoms with Crippen molar-refractivity contribution in [3.63, 3.8) is 0 Å². The number of allylic oxidation sites excluding steroid dienone is 1. The fourth-order valence-electron chi connectivity index (χ4n) is 1.67.